The van der Waals surface area contributed by atoms with Crippen LogP contribution < -0.4 is 5.73 Å². The minimum absolute atomic E-state index is 0.148. The van der Waals surface area contributed by atoms with Gasteiger partial charge in [-0.05, 0) is 31.9 Å². The molecule has 1 aliphatic carbocycles. The first-order chi connectivity index (χ1) is 13.7. The second-order valence-electron chi connectivity index (χ2n) is 7.80. The lowest BCUT2D eigenvalue weighted by Gasteiger charge is -2.36. The van der Waals surface area contributed by atoms with Crippen molar-refractivity contribution in [3.05, 3.63) is 41.8 Å². The summed E-state index contributed by atoms with van der Waals surface area (Å²) in [6.45, 7) is 6.65. The van der Waals surface area contributed by atoms with Crippen molar-refractivity contribution in [3.8, 4) is 0 Å². The SMILES string of the molecule is CC(c1nc(C2CC2)no1)N1CCN(Cc2nc(N)c3ccccc3n2)CC1. The fourth-order valence-electron chi connectivity index (χ4n) is 3.81. The number of nitrogens with zero attached hydrogens (tertiary/aromatic N) is 6. The Morgan fingerprint density at radius 1 is 1.11 bits per heavy atom. The second-order valence-corrected chi connectivity index (χ2v) is 7.80. The van der Waals surface area contributed by atoms with Crippen molar-refractivity contribution in [1.82, 2.24) is 29.9 Å². The third-order valence-electron chi connectivity index (χ3n) is 5.76. The normalized spacial score (nSPS) is 19.9. The summed E-state index contributed by atoms with van der Waals surface area (Å²) in [4.78, 5) is 18.6. The molecule has 1 aliphatic heterocycles. The predicted molar refractivity (Wildman–Crippen MR) is 105 cm³/mol. The number of nitrogen functional groups attached to an aromatic ring is 1. The van der Waals surface area contributed by atoms with Crippen LogP contribution >= 0.6 is 0 Å². The predicted octanol–water partition coefficient (Wildman–Crippen LogP) is 2.35. The number of benzene rings is 1. The van der Waals surface area contributed by atoms with E-state index in [-0.39, 0.29) is 6.04 Å². The van der Waals surface area contributed by atoms with Crippen molar-refractivity contribution in [2.45, 2.75) is 38.3 Å². The summed E-state index contributed by atoms with van der Waals surface area (Å²) in [7, 11) is 0. The van der Waals surface area contributed by atoms with Crippen LogP contribution in [0.25, 0.3) is 10.9 Å². The van der Waals surface area contributed by atoms with Crippen molar-refractivity contribution >= 4 is 16.7 Å². The zero-order valence-electron chi connectivity index (χ0n) is 16.1. The van der Waals surface area contributed by atoms with E-state index in [0.29, 0.717) is 18.3 Å². The zero-order chi connectivity index (χ0) is 19.1. The Morgan fingerprint density at radius 2 is 1.89 bits per heavy atom. The largest absolute Gasteiger partial charge is 0.383 e. The summed E-state index contributed by atoms with van der Waals surface area (Å²) in [6, 6.07) is 8.02. The molecule has 1 saturated carbocycles. The van der Waals surface area contributed by atoms with Gasteiger partial charge in [0.05, 0.1) is 18.1 Å². The minimum atomic E-state index is 0.148. The lowest BCUT2D eigenvalue weighted by molar-refractivity contribution is 0.0832. The number of anilines is 1. The Balaban J connectivity index is 1.21. The molecule has 5 rings (SSSR count). The number of nitrogens with two attached hydrogens (primary N) is 1. The maximum atomic E-state index is 6.11. The molecular formula is C20H25N7O. The molecule has 0 bridgehead atoms. The second kappa shape index (κ2) is 7.10. The molecule has 0 amide bonds. The maximum Gasteiger partial charge on any atom is 0.243 e. The molecule has 1 atom stereocenters. The van der Waals surface area contributed by atoms with E-state index in [0.717, 1.165) is 54.6 Å². The zero-order valence-corrected chi connectivity index (χ0v) is 16.1. The first-order valence-electron chi connectivity index (χ1n) is 9.98. The molecule has 28 heavy (non-hydrogen) atoms. The Bertz CT molecular complexity index is 976. The molecule has 2 aromatic heterocycles. The van der Waals surface area contributed by atoms with Gasteiger partial charge in [-0.3, -0.25) is 9.80 Å². The van der Waals surface area contributed by atoms with E-state index in [1.165, 1.54) is 12.8 Å². The van der Waals surface area contributed by atoms with Crippen molar-refractivity contribution in [3.63, 3.8) is 0 Å². The fourth-order valence-corrected chi connectivity index (χ4v) is 3.81. The van der Waals surface area contributed by atoms with Gasteiger partial charge >= 0.3 is 0 Å². The number of hydrogen-bond donors (Lipinski definition) is 1. The molecule has 2 aliphatic rings. The Hall–Kier alpha value is -2.58. The van der Waals surface area contributed by atoms with Crippen LogP contribution in [0.15, 0.2) is 28.8 Å². The molecule has 0 spiro atoms. The highest BCUT2D eigenvalue weighted by Gasteiger charge is 2.31. The molecule has 3 heterocycles. The molecule has 1 saturated heterocycles. The summed E-state index contributed by atoms with van der Waals surface area (Å²) in [5.41, 5.74) is 7.02. The summed E-state index contributed by atoms with van der Waals surface area (Å²) in [5, 5.41) is 5.06. The molecule has 1 aromatic carbocycles. The Morgan fingerprint density at radius 3 is 2.68 bits per heavy atom. The van der Waals surface area contributed by atoms with Crippen molar-refractivity contribution < 1.29 is 4.52 Å². The summed E-state index contributed by atoms with van der Waals surface area (Å²) < 4.78 is 5.51. The molecule has 0 radical (unpaired) electrons. The Labute approximate surface area is 163 Å². The smallest absolute Gasteiger partial charge is 0.243 e. The number of para-hydroxylation sites is 1. The number of hydrogen-bond acceptors (Lipinski definition) is 8. The highest BCUT2D eigenvalue weighted by Crippen LogP contribution is 2.38. The average molecular weight is 379 g/mol. The molecular weight excluding hydrogens is 354 g/mol. The molecule has 2 fully saturated rings. The van der Waals surface area contributed by atoms with Gasteiger partial charge in [0.15, 0.2) is 5.82 Å². The summed E-state index contributed by atoms with van der Waals surface area (Å²) in [6.07, 6.45) is 2.38. The topological polar surface area (TPSA) is 97.2 Å². The first-order valence-corrected chi connectivity index (χ1v) is 9.98. The number of rotatable bonds is 5. The van der Waals surface area contributed by atoms with E-state index in [9.17, 15) is 0 Å². The molecule has 2 N–H and O–H groups in total. The van der Waals surface area contributed by atoms with Crippen LogP contribution in [0.4, 0.5) is 5.82 Å². The van der Waals surface area contributed by atoms with Gasteiger partial charge in [0, 0.05) is 37.5 Å². The number of aromatic nitrogens is 4. The van der Waals surface area contributed by atoms with E-state index < -0.39 is 0 Å². The Kier molecular flexibility index (Phi) is 4.44. The molecule has 146 valence electrons. The molecule has 8 heteroatoms. The average Bonchev–Trinajstić information content (AvgIpc) is 3.45. The van der Waals surface area contributed by atoms with E-state index >= 15 is 0 Å². The quantitative estimate of drug-likeness (QED) is 0.721. The van der Waals surface area contributed by atoms with Gasteiger partial charge in [0.2, 0.25) is 5.89 Å². The molecule has 8 nitrogen and oxygen atoms in total. The van der Waals surface area contributed by atoms with Gasteiger partial charge in [-0.25, -0.2) is 9.97 Å². The lowest BCUT2D eigenvalue weighted by atomic mass is 10.2. The highest BCUT2D eigenvalue weighted by molar-refractivity contribution is 5.87. The van der Waals surface area contributed by atoms with Gasteiger partial charge in [-0.2, -0.15) is 4.98 Å². The van der Waals surface area contributed by atoms with Crippen LogP contribution in [0, 0.1) is 0 Å². The van der Waals surface area contributed by atoms with Crippen LogP contribution in [-0.4, -0.2) is 56.1 Å². The van der Waals surface area contributed by atoms with Crippen molar-refractivity contribution in [2.75, 3.05) is 31.9 Å². The van der Waals surface area contributed by atoms with Crippen LogP contribution in [-0.2, 0) is 6.54 Å². The van der Waals surface area contributed by atoms with Crippen LogP contribution in [0.5, 0.6) is 0 Å². The molecule has 1 unspecified atom stereocenters. The van der Waals surface area contributed by atoms with Crippen LogP contribution in [0.1, 0.15) is 49.3 Å². The van der Waals surface area contributed by atoms with Gasteiger partial charge in [0.25, 0.3) is 0 Å². The highest BCUT2D eigenvalue weighted by atomic mass is 16.5. The maximum absolute atomic E-state index is 6.11. The van der Waals surface area contributed by atoms with Crippen LogP contribution in [0.3, 0.4) is 0 Å². The monoisotopic (exact) mass is 379 g/mol. The van der Waals surface area contributed by atoms with Gasteiger partial charge in [-0.1, -0.05) is 17.3 Å². The van der Waals surface area contributed by atoms with E-state index in [4.69, 9.17) is 10.3 Å². The van der Waals surface area contributed by atoms with E-state index in [1.54, 1.807) is 0 Å². The first kappa shape index (κ1) is 17.5. The lowest BCUT2D eigenvalue weighted by Crippen LogP contribution is -2.46. The van der Waals surface area contributed by atoms with Gasteiger partial charge in [0.1, 0.15) is 11.6 Å². The van der Waals surface area contributed by atoms with Crippen LogP contribution in [0.2, 0.25) is 0 Å². The number of piperazine rings is 1. The van der Waals surface area contributed by atoms with E-state index in [1.807, 2.05) is 24.3 Å². The van der Waals surface area contributed by atoms with Crippen molar-refractivity contribution in [2.24, 2.45) is 0 Å². The van der Waals surface area contributed by atoms with Crippen molar-refractivity contribution in [1.29, 1.82) is 0 Å². The third-order valence-corrected chi connectivity index (χ3v) is 5.76. The summed E-state index contributed by atoms with van der Waals surface area (Å²) >= 11 is 0. The van der Waals surface area contributed by atoms with E-state index in [2.05, 4.69) is 36.8 Å². The standard InChI is InChI=1S/C20H25N7O/c1-13(20-24-19(25-28-20)14-6-7-14)27-10-8-26(9-11-27)12-17-22-16-5-3-2-4-15(16)18(21)23-17/h2-5,13-14H,6-12H2,1H3,(H2,21,22,23). The van der Waals surface area contributed by atoms with Gasteiger partial charge in [-0.15, -0.1) is 0 Å². The third kappa shape index (κ3) is 3.45. The molecule has 3 aromatic rings. The fraction of sp³-hybridized carbons (Fsp3) is 0.500. The summed E-state index contributed by atoms with van der Waals surface area (Å²) in [5.74, 6) is 3.47. The number of fused-ring (bicyclic) bond motifs is 1. The minimum Gasteiger partial charge on any atom is -0.383 e. The van der Waals surface area contributed by atoms with Gasteiger partial charge < -0.3 is 10.3 Å².